The van der Waals surface area contributed by atoms with Crippen molar-refractivity contribution >= 4 is 32.4 Å². The van der Waals surface area contributed by atoms with E-state index in [1.807, 2.05) is 5.38 Å². The SMILES string of the molecule is CC(OCC1CCCO1)C(=O)Nc1nc(-c2ccc(S(=O)(=O)N(C)C)cc2)cs1. The summed E-state index contributed by atoms with van der Waals surface area (Å²) in [6.45, 7) is 2.85. The summed E-state index contributed by atoms with van der Waals surface area (Å²) in [5.74, 6) is -0.267. The van der Waals surface area contributed by atoms with Gasteiger partial charge in [-0.1, -0.05) is 12.1 Å². The van der Waals surface area contributed by atoms with E-state index < -0.39 is 16.1 Å². The average Bonchev–Trinajstić information content (AvgIpc) is 3.38. The molecular weight excluding hydrogens is 414 g/mol. The van der Waals surface area contributed by atoms with Crippen LogP contribution in [0.4, 0.5) is 5.13 Å². The Morgan fingerprint density at radius 3 is 2.72 bits per heavy atom. The molecule has 1 amide bonds. The molecule has 2 heterocycles. The van der Waals surface area contributed by atoms with Crippen LogP contribution in [0.2, 0.25) is 0 Å². The second-order valence-corrected chi connectivity index (χ2v) is 9.96. The van der Waals surface area contributed by atoms with Crippen molar-refractivity contribution in [3.8, 4) is 11.3 Å². The molecule has 1 saturated heterocycles. The number of hydrogen-bond acceptors (Lipinski definition) is 7. The lowest BCUT2D eigenvalue weighted by Crippen LogP contribution is -2.30. The number of sulfonamides is 1. The number of carbonyl (C=O) groups excluding carboxylic acids is 1. The van der Waals surface area contributed by atoms with E-state index in [2.05, 4.69) is 10.3 Å². The Kier molecular flexibility index (Phi) is 7.01. The van der Waals surface area contributed by atoms with Crippen molar-refractivity contribution in [3.05, 3.63) is 29.6 Å². The van der Waals surface area contributed by atoms with Gasteiger partial charge >= 0.3 is 0 Å². The normalized spacial score (nSPS) is 18.1. The maximum absolute atomic E-state index is 12.3. The molecule has 0 radical (unpaired) electrons. The Balaban J connectivity index is 1.59. The molecule has 0 saturated carbocycles. The number of aromatic nitrogens is 1. The zero-order chi connectivity index (χ0) is 21.0. The van der Waals surface area contributed by atoms with E-state index in [1.54, 1.807) is 31.2 Å². The van der Waals surface area contributed by atoms with Gasteiger partial charge in [0.25, 0.3) is 5.91 Å². The van der Waals surface area contributed by atoms with E-state index in [4.69, 9.17) is 9.47 Å². The number of amides is 1. The van der Waals surface area contributed by atoms with Crippen molar-refractivity contribution in [3.63, 3.8) is 0 Å². The number of thiazole rings is 1. The smallest absolute Gasteiger partial charge is 0.254 e. The van der Waals surface area contributed by atoms with E-state index >= 15 is 0 Å². The van der Waals surface area contributed by atoms with Gasteiger partial charge in [-0.15, -0.1) is 11.3 Å². The van der Waals surface area contributed by atoms with Crippen molar-refractivity contribution < 1.29 is 22.7 Å². The average molecular weight is 440 g/mol. The maximum atomic E-state index is 12.3. The number of carbonyl (C=O) groups is 1. The molecule has 1 aliphatic rings. The van der Waals surface area contributed by atoms with Crippen LogP contribution in [0.5, 0.6) is 0 Å². The molecule has 158 valence electrons. The number of rotatable bonds is 8. The second kappa shape index (κ2) is 9.31. The first-order valence-corrected chi connectivity index (χ1v) is 11.6. The highest BCUT2D eigenvalue weighted by molar-refractivity contribution is 7.89. The lowest BCUT2D eigenvalue weighted by Gasteiger charge is -2.15. The van der Waals surface area contributed by atoms with Crippen LogP contribution in [0.15, 0.2) is 34.5 Å². The number of nitrogens with zero attached hydrogens (tertiary/aromatic N) is 2. The van der Waals surface area contributed by atoms with E-state index in [1.165, 1.54) is 29.7 Å². The Morgan fingerprint density at radius 2 is 2.10 bits per heavy atom. The van der Waals surface area contributed by atoms with E-state index in [-0.39, 0.29) is 16.9 Å². The van der Waals surface area contributed by atoms with Gasteiger partial charge < -0.3 is 9.47 Å². The summed E-state index contributed by atoms with van der Waals surface area (Å²) in [7, 11) is -0.492. The molecule has 0 bridgehead atoms. The first kappa shape index (κ1) is 21.8. The second-order valence-electron chi connectivity index (χ2n) is 6.95. The van der Waals surface area contributed by atoms with Gasteiger partial charge in [-0.25, -0.2) is 17.7 Å². The fraction of sp³-hybridized carbons (Fsp3) is 0.474. The molecular formula is C19H25N3O5S2. The predicted molar refractivity (Wildman–Crippen MR) is 111 cm³/mol. The highest BCUT2D eigenvalue weighted by Gasteiger charge is 2.21. The van der Waals surface area contributed by atoms with Crippen LogP contribution in [-0.4, -0.2) is 63.1 Å². The zero-order valence-corrected chi connectivity index (χ0v) is 18.3. The molecule has 8 nitrogen and oxygen atoms in total. The molecule has 1 aromatic carbocycles. The number of ether oxygens (including phenoxy) is 2. The Morgan fingerprint density at radius 1 is 1.38 bits per heavy atom. The molecule has 2 atom stereocenters. The zero-order valence-electron chi connectivity index (χ0n) is 16.6. The highest BCUT2D eigenvalue weighted by Crippen LogP contribution is 2.26. The van der Waals surface area contributed by atoms with Crippen LogP contribution < -0.4 is 5.32 Å². The summed E-state index contributed by atoms with van der Waals surface area (Å²) in [6.07, 6.45) is 1.44. The fourth-order valence-corrected chi connectivity index (χ4v) is 4.41. The summed E-state index contributed by atoms with van der Waals surface area (Å²) in [5, 5.41) is 5.03. The molecule has 1 N–H and O–H groups in total. The Hall–Kier alpha value is -1.85. The third kappa shape index (κ3) is 5.40. The molecule has 29 heavy (non-hydrogen) atoms. The van der Waals surface area contributed by atoms with E-state index in [9.17, 15) is 13.2 Å². The Bertz CT molecular complexity index is 935. The minimum absolute atomic E-state index is 0.0657. The monoisotopic (exact) mass is 439 g/mol. The third-order valence-electron chi connectivity index (χ3n) is 4.59. The van der Waals surface area contributed by atoms with E-state index in [0.717, 1.165) is 25.0 Å². The number of hydrogen-bond donors (Lipinski definition) is 1. The van der Waals surface area contributed by atoms with Crippen LogP contribution in [-0.2, 0) is 24.3 Å². The van der Waals surface area contributed by atoms with Crippen molar-refractivity contribution in [1.82, 2.24) is 9.29 Å². The standard InChI is InChI=1S/C19H25N3O5S2/c1-13(27-11-15-5-4-10-26-15)18(23)21-19-20-17(12-28-19)14-6-8-16(9-7-14)29(24,25)22(2)3/h6-9,12-13,15H,4-5,10-11H2,1-3H3,(H,20,21,23). The van der Waals surface area contributed by atoms with Gasteiger partial charge in [0.05, 0.1) is 23.3 Å². The summed E-state index contributed by atoms with van der Waals surface area (Å²) in [4.78, 5) is 16.9. The van der Waals surface area contributed by atoms with Gasteiger partial charge in [0, 0.05) is 31.6 Å². The van der Waals surface area contributed by atoms with Gasteiger partial charge in [-0.05, 0) is 31.9 Å². The number of anilines is 1. The van der Waals surface area contributed by atoms with Gasteiger partial charge in [0.2, 0.25) is 10.0 Å². The Labute approximate surface area is 174 Å². The van der Waals surface area contributed by atoms with Crippen LogP contribution >= 0.6 is 11.3 Å². The van der Waals surface area contributed by atoms with Crippen LogP contribution in [0, 0.1) is 0 Å². The lowest BCUT2D eigenvalue weighted by molar-refractivity contribution is -0.128. The molecule has 2 unspecified atom stereocenters. The molecule has 1 fully saturated rings. The molecule has 1 aromatic heterocycles. The van der Waals surface area contributed by atoms with Gasteiger partial charge in [0.1, 0.15) is 6.10 Å². The minimum atomic E-state index is -3.47. The van der Waals surface area contributed by atoms with Crippen LogP contribution in [0.3, 0.4) is 0 Å². The maximum Gasteiger partial charge on any atom is 0.254 e. The number of benzene rings is 1. The van der Waals surface area contributed by atoms with Crippen LogP contribution in [0.1, 0.15) is 19.8 Å². The van der Waals surface area contributed by atoms with Gasteiger partial charge in [-0.3, -0.25) is 10.1 Å². The quantitative estimate of drug-likeness (QED) is 0.679. The molecule has 3 rings (SSSR count). The fourth-order valence-electron chi connectivity index (χ4n) is 2.78. The van der Waals surface area contributed by atoms with Gasteiger partial charge in [0.15, 0.2) is 5.13 Å². The van der Waals surface area contributed by atoms with E-state index in [0.29, 0.717) is 17.4 Å². The van der Waals surface area contributed by atoms with Crippen molar-refractivity contribution in [2.75, 3.05) is 32.6 Å². The first-order chi connectivity index (χ1) is 13.8. The summed E-state index contributed by atoms with van der Waals surface area (Å²) >= 11 is 1.30. The molecule has 2 aromatic rings. The topological polar surface area (TPSA) is 97.8 Å². The predicted octanol–water partition coefficient (Wildman–Crippen LogP) is 2.58. The van der Waals surface area contributed by atoms with Crippen molar-refractivity contribution in [2.24, 2.45) is 0 Å². The summed E-state index contributed by atoms with van der Waals surface area (Å²) < 4.78 is 36.6. The first-order valence-electron chi connectivity index (χ1n) is 9.30. The van der Waals surface area contributed by atoms with Crippen molar-refractivity contribution in [1.29, 1.82) is 0 Å². The van der Waals surface area contributed by atoms with Gasteiger partial charge in [-0.2, -0.15) is 0 Å². The summed E-state index contributed by atoms with van der Waals surface area (Å²) in [5.41, 5.74) is 1.43. The molecule has 0 spiro atoms. The van der Waals surface area contributed by atoms with Crippen LogP contribution in [0.25, 0.3) is 11.3 Å². The third-order valence-corrected chi connectivity index (χ3v) is 7.18. The highest BCUT2D eigenvalue weighted by atomic mass is 32.2. The number of nitrogens with one attached hydrogen (secondary N) is 1. The molecule has 1 aliphatic heterocycles. The molecule has 10 heteroatoms. The summed E-state index contributed by atoms with van der Waals surface area (Å²) in [6, 6.07) is 6.49. The lowest BCUT2D eigenvalue weighted by atomic mass is 10.2. The minimum Gasteiger partial charge on any atom is -0.376 e. The molecule has 0 aliphatic carbocycles. The van der Waals surface area contributed by atoms with Crippen molar-refractivity contribution in [2.45, 2.75) is 36.9 Å². The largest absolute Gasteiger partial charge is 0.376 e.